The predicted molar refractivity (Wildman–Crippen MR) is 75.5 cm³/mol. The number of benzene rings is 1. The van der Waals surface area contributed by atoms with Crippen LogP contribution < -0.4 is 5.32 Å². The van der Waals surface area contributed by atoms with Gasteiger partial charge in [-0.2, -0.15) is 11.3 Å². The van der Waals surface area contributed by atoms with Crippen molar-refractivity contribution in [1.82, 2.24) is 5.32 Å². The molecule has 0 fully saturated rings. The summed E-state index contributed by atoms with van der Waals surface area (Å²) >= 11 is 1.55. The Morgan fingerprint density at radius 3 is 2.68 bits per heavy atom. The summed E-state index contributed by atoms with van der Waals surface area (Å²) in [6.07, 6.45) is -0.562. The molecule has 2 atom stereocenters. The van der Waals surface area contributed by atoms with Crippen molar-refractivity contribution in [3.8, 4) is 11.5 Å². The highest BCUT2D eigenvalue weighted by molar-refractivity contribution is 7.07. The largest absolute Gasteiger partial charge is 0.508 e. The maximum absolute atomic E-state index is 9.96. The number of aliphatic hydroxyl groups is 1. The molecular formula is C14H17NO3S. The molecule has 0 aliphatic carbocycles. The molecular weight excluding hydrogens is 262 g/mol. The summed E-state index contributed by atoms with van der Waals surface area (Å²) in [6, 6.07) is 6.28. The molecule has 0 radical (unpaired) electrons. The fraction of sp³-hybridized carbons (Fsp3) is 0.286. The molecule has 0 saturated heterocycles. The minimum absolute atomic E-state index is 0.0340. The van der Waals surface area contributed by atoms with Crippen LogP contribution in [-0.2, 0) is 0 Å². The highest BCUT2D eigenvalue weighted by atomic mass is 32.1. The first kappa shape index (κ1) is 13.9. The molecule has 4 N–H and O–H groups in total. The van der Waals surface area contributed by atoms with Gasteiger partial charge in [0.2, 0.25) is 0 Å². The Bertz CT molecular complexity index is 527. The van der Waals surface area contributed by atoms with Gasteiger partial charge in [0.05, 0.1) is 6.10 Å². The molecule has 2 aromatic rings. The minimum atomic E-state index is -0.562. The normalized spacial score (nSPS) is 14.2. The van der Waals surface area contributed by atoms with E-state index < -0.39 is 6.10 Å². The number of aliphatic hydroxyl groups excluding tert-OH is 1. The average Bonchev–Trinajstić information content (AvgIpc) is 2.89. The van der Waals surface area contributed by atoms with Crippen LogP contribution >= 0.6 is 11.3 Å². The van der Waals surface area contributed by atoms with Crippen LogP contribution in [0.1, 0.15) is 30.2 Å². The summed E-state index contributed by atoms with van der Waals surface area (Å²) in [5.41, 5.74) is 1.58. The second-order valence-electron chi connectivity index (χ2n) is 4.45. The Morgan fingerprint density at radius 2 is 2.05 bits per heavy atom. The van der Waals surface area contributed by atoms with E-state index in [4.69, 9.17) is 0 Å². The second-order valence-corrected chi connectivity index (χ2v) is 5.23. The molecule has 5 heteroatoms. The second kappa shape index (κ2) is 6.06. The molecule has 4 nitrogen and oxygen atoms in total. The van der Waals surface area contributed by atoms with Gasteiger partial charge in [-0.3, -0.25) is 0 Å². The Kier molecular flexibility index (Phi) is 4.42. The summed E-state index contributed by atoms with van der Waals surface area (Å²) in [4.78, 5) is 0. The van der Waals surface area contributed by atoms with E-state index in [1.54, 1.807) is 17.4 Å². The highest BCUT2D eigenvalue weighted by Crippen LogP contribution is 2.28. The van der Waals surface area contributed by atoms with E-state index in [9.17, 15) is 15.3 Å². The molecule has 1 heterocycles. The van der Waals surface area contributed by atoms with Gasteiger partial charge in [0.25, 0.3) is 0 Å². The van der Waals surface area contributed by atoms with Crippen LogP contribution in [0.5, 0.6) is 11.5 Å². The molecule has 2 unspecified atom stereocenters. The third-order valence-electron chi connectivity index (χ3n) is 3.03. The van der Waals surface area contributed by atoms with Crippen LogP contribution in [0.15, 0.2) is 35.0 Å². The monoisotopic (exact) mass is 279 g/mol. The topological polar surface area (TPSA) is 72.7 Å². The summed E-state index contributed by atoms with van der Waals surface area (Å²) in [7, 11) is 0. The number of rotatable bonds is 5. The van der Waals surface area contributed by atoms with Crippen LogP contribution in [0.4, 0.5) is 0 Å². The van der Waals surface area contributed by atoms with Crippen LogP contribution in [0, 0.1) is 0 Å². The quantitative estimate of drug-likeness (QED) is 0.678. The first-order valence-corrected chi connectivity index (χ1v) is 6.97. The first-order valence-electron chi connectivity index (χ1n) is 6.03. The number of nitrogens with one attached hydrogen (secondary N) is 1. The van der Waals surface area contributed by atoms with Crippen molar-refractivity contribution in [2.24, 2.45) is 0 Å². The first-order chi connectivity index (χ1) is 9.08. The molecule has 1 aromatic carbocycles. The smallest absolute Gasteiger partial charge is 0.124 e. The summed E-state index contributed by atoms with van der Waals surface area (Å²) < 4.78 is 0. The fourth-order valence-corrected chi connectivity index (χ4v) is 2.59. The highest BCUT2D eigenvalue weighted by Gasteiger charge is 2.13. The number of phenolic OH excluding ortho intramolecular Hbond substituents is 2. The van der Waals surface area contributed by atoms with E-state index in [0.717, 1.165) is 5.56 Å². The fourth-order valence-electron chi connectivity index (χ4n) is 1.88. The molecule has 0 spiro atoms. The van der Waals surface area contributed by atoms with Gasteiger partial charge in [-0.05, 0) is 35.4 Å². The maximum Gasteiger partial charge on any atom is 0.124 e. The lowest BCUT2D eigenvalue weighted by molar-refractivity contribution is 0.171. The van der Waals surface area contributed by atoms with Crippen molar-refractivity contribution in [3.05, 3.63) is 46.2 Å². The van der Waals surface area contributed by atoms with Crippen molar-refractivity contribution in [1.29, 1.82) is 0 Å². The lowest BCUT2D eigenvalue weighted by atomic mass is 10.1. The molecule has 102 valence electrons. The lowest BCUT2D eigenvalue weighted by Gasteiger charge is -2.18. The number of thiophene rings is 1. The summed E-state index contributed by atoms with van der Waals surface area (Å²) in [6.45, 7) is 2.30. The van der Waals surface area contributed by atoms with Crippen LogP contribution in [-0.4, -0.2) is 21.9 Å². The Balaban J connectivity index is 1.96. The van der Waals surface area contributed by atoms with Gasteiger partial charge in [0.1, 0.15) is 11.5 Å². The van der Waals surface area contributed by atoms with Crippen LogP contribution in [0.25, 0.3) is 0 Å². The van der Waals surface area contributed by atoms with E-state index in [-0.39, 0.29) is 17.5 Å². The van der Waals surface area contributed by atoms with Crippen molar-refractivity contribution < 1.29 is 15.3 Å². The molecule has 2 rings (SSSR count). The average molecular weight is 279 g/mol. The third-order valence-corrected chi connectivity index (χ3v) is 3.73. The van der Waals surface area contributed by atoms with E-state index >= 15 is 0 Å². The van der Waals surface area contributed by atoms with Crippen molar-refractivity contribution in [3.63, 3.8) is 0 Å². The van der Waals surface area contributed by atoms with Gasteiger partial charge in [0.15, 0.2) is 0 Å². The maximum atomic E-state index is 9.96. The van der Waals surface area contributed by atoms with E-state index in [0.29, 0.717) is 12.1 Å². The summed E-state index contributed by atoms with van der Waals surface area (Å²) in [5.74, 6) is 0.0804. The zero-order valence-electron chi connectivity index (χ0n) is 10.6. The van der Waals surface area contributed by atoms with Crippen molar-refractivity contribution in [2.75, 3.05) is 6.54 Å². The van der Waals surface area contributed by atoms with Gasteiger partial charge >= 0.3 is 0 Å². The van der Waals surface area contributed by atoms with E-state index in [1.165, 1.54) is 12.1 Å². The molecule has 1 aromatic heterocycles. The summed E-state index contributed by atoms with van der Waals surface area (Å²) in [5, 5.41) is 35.9. The minimum Gasteiger partial charge on any atom is -0.508 e. The number of phenols is 2. The molecule has 0 aliphatic heterocycles. The van der Waals surface area contributed by atoms with Gasteiger partial charge < -0.3 is 20.6 Å². The third kappa shape index (κ3) is 3.47. The number of aromatic hydroxyl groups is 2. The van der Waals surface area contributed by atoms with Crippen molar-refractivity contribution >= 4 is 11.3 Å². The number of hydrogen-bond acceptors (Lipinski definition) is 5. The van der Waals surface area contributed by atoms with Gasteiger partial charge in [0, 0.05) is 24.2 Å². The van der Waals surface area contributed by atoms with Gasteiger partial charge in [-0.1, -0.05) is 6.07 Å². The van der Waals surface area contributed by atoms with Gasteiger partial charge in [-0.15, -0.1) is 0 Å². The molecule has 0 amide bonds. The van der Waals surface area contributed by atoms with Crippen LogP contribution in [0.3, 0.4) is 0 Å². The lowest BCUT2D eigenvalue weighted by Crippen LogP contribution is -2.24. The van der Waals surface area contributed by atoms with Crippen LogP contribution in [0.2, 0.25) is 0 Å². The SMILES string of the molecule is CC(NCC(O)c1ccsc1)c1ccc(O)cc1O. The molecule has 0 bridgehead atoms. The van der Waals surface area contributed by atoms with Crippen molar-refractivity contribution in [2.45, 2.75) is 19.1 Å². The van der Waals surface area contributed by atoms with E-state index in [2.05, 4.69) is 5.32 Å². The predicted octanol–water partition coefficient (Wildman–Crippen LogP) is 2.54. The zero-order valence-corrected chi connectivity index (χ0v) is 11.4. The van der Waals surface area contributed by atoms with Gasteiger partial charge in [-0.25, -0.2) is 0 Å². The standard InChI is InChI=1S/C14H17NO3S/c1-9(12-3-2-11(16)6-13(12)17)15-7-14(18)10-4-5-19-8-10/h2-6,8-9,14-18H,7H2,1H3. The molecule has 0 saturated carbocycles. The Hall–Kier alpha value is -1.56. The van der Waals surface area contributed by atoms with E-state index in [1.807, 2.05) is 23.8 Å². The Labute approximate surface area is 116 Å². The molecule has 19 heavy (non-hydrogen) atoms. The Morgan fingerprint density at radius 1 is 1.26 bits per heavy atom. The molecule has 0 aliphatic rings. The zero-order chi connectivity index (χ0) is 13.8. The number of hydrogen-bond donors (Lipinski definition) is 4.